The van der Waals surface area contributed by atoms with Crippen LogP contribution in [0, 0.1) is 10.8 Å². The monoisotopic (exact) mass is 383 g/mol. The molecule has 0 saturated heterocycles. The van der Waals surface area contributed by atoms with Crippen molar-refractivity contribution < 1.29 is 0 Å². The van der Waals surface area contributed by atoms with Gasteiger partial charge in [-0.15, -0.1) is 24.8 Å². The highest BCUT2D eigenvalue weighted by atomic mass is 35.5. The third kappa shape index (κ3) is 21.3. The lowest BCUT2D eigenvalue weighted by Crippen LogP contribution is -2.46. The first-order valence-electron chi connectivity index (χ1n) is 9.12. The van der Waals surface area contributed by atoms with Crippen LogP contribution < -0.4 is 16.0 Å². The number of unbranched alkanes of at least 4 members (excludes halogenated alkanes) is 9. The number of nitrogens with one attached hydrogen (secondary N) is 5. The Balaban J connectivity index is -0.00000220. The van der Waals surface area contributed by atoms with Gasteiger partial charge in [0, 0.05) is 13.1 Å². The van der Waals surface area contributed by atoms with Gasteiger partial charge in [0.1, 0.15) is 0 Å². The number of guanidine groups is 2. The summed E-state index contributed by atoms with van der Waals surface area (Å²) >= 11 is 0. The quantitative estimate of drug-likeness (QED) is 0.180. The van der Waals surface area contributed by atoms with Crippen molar-refractivity contribution in [1.82, 2.24) is 16.0 Å². The van der Waals surface area contributed by atoms with Gasteiger partial charge in [-0.1, -0.05) is 71.6 Å². The van der Waals surface area contributed by atoms with Gasteiger partial charge in [0.05, 0.1) is 0 Å². The van der Waals surface area contributed by atoms with Gasteiger partial charge in [0.2, 0.25) is 0 Å². The zero-order valence-electron chi connectivity index (χ0n) is 15.5. The third-order valence-electron chi connectivity index (χ3n) is 3.66. The zero-order valence-corrected chi connectivity index (χ0v) is 17.1. The molecule has 0 aromatic rings. The maximum Gasteiger partial charge on any atom is 0.195 e. The van der Waals surface area contributed by atoms with Crippen LogP contribution in [0.25, 0.3) is 0 Å². The maximum absolute atomic E-state index is 7.73. The Morgan fingerprint density at radius 3 is 1.29 bits per heavy atom. The lowest BCUT2D eigenvalue weighted by molar-refractivity contribution is 0.600. The predicted octanol–water partition coefficient (Wildman–Crippen LogP) is 4.80. The van der Waals surface area contributed by atoms with Gasteiger partial charge >= 0.3 is 0 Å². The van der Waals surface area contributed by atoms with Gasteiger partial charge in [0.15, 0.2) is 11.9 Å². The van der Waals surface area contributed by atoms with E-state index in [1.54, 1.807) is 0 Å². The minimum absolute atomic E-state index is 0. The first-order valence-corrected chi connectivity index (χ1v) is 9.12. The number of hydrogen-bond donors (Lipinski definition) is 5. The Morgan fingerprint density at radius 2 is 0.917 bits per heavy atom. The Morgan fingerprint density at radius 1 is 0.583 bits per heavy atom. The Hall–Kier alpha value is -0.680. The topological polar surface area (TPSA) is 83.8 Å². The molecular weight excluding hydrogens is 345 g/mol. The number of rotatable bonds is 13. The molecule has 7 heteroatoms. The highest BCUT2D eigenvalue weighted by Gasteiger charge is 1.99. The van der Waals surface area contributed by atoms with E-state index in [0.29, 0.717) is 0 Å². The standard InChI is InChI=1S/C17H37N5.2ClH/c1-3-5-7-9-11-13-15-21-17(19)22-16(18)20-14-12-10-8-6-4-2;;/h3-15H2,1-2H3,(H5,18,19,20,21,22);2*1H. The Bertz CT molecular complexity index is 288. The summed E-state index contributed by atoms with van der Waals surface area (Å²) in [5, 5.41) is 24.2. The number of hydrogen-bond acceptors (Lipinski definition) is 2. The van der Waals surface area contributed by atoms with Gasteiger partial charge in [0.25, 0.3) is 0 Å². The van der Waals surface area contributed by atoms with Crippen LogP contribution in [0.5, 0.6) is 0 Å². The molecule has 0 aromatic carbocycles. The van der Waals surface area contributed by atoms with Crippen molar-refractivity contribution >= 4 is 36.7 Å². The molecule has 0 aromatic heterocycles. The van der Waals surface area contributed by atoms with Crippen LogP contribution in [-0.2, 0) is 0 Å². The molecule has 0 aliphatic rings. The fourth-order valence-electron chi connectivity index (χ4n) is 2.27. The summed E-state index contributed by atoms with van der Waals surface area (Å²) in [6.45, 7) is 6.05. The van der Waals surface area contributed by atoms with Gasteiger partial charge in [-0.25, -0.2) is 0 Å². The van der Waals surface area contributed by atoms with Crippen molar-refractivity contribution in [2.45, 2.75) is 84.5 Å². The molecule has 0 bridgehead atoms. The fraction of sp³-hybridized carbons (Fsp3) is 0.882. The van der Waals surface area contributed by atoms with Crippen LogP contribution in [0.15, 0.2) is 0 Å². The van der Waals surface area contributed by atoms with E-state index < -0.39 is 0 Å². The fourth-order valence-corrected chi connectivity index (χ4v) is 2.27. The van der Waals surface area contributed by atoms with Crippen LogP contribution in [0.3, 0.4) is 0 Å². The van der Waals surface area contributed by atoms with Crippen molar-refractivity contribution in [3.8, 4) is 0 Å². The van der Waals surface area contributed by atoms with E-state index in [9.17, 15) is 0 Å². The average Bonchev–Trinajstić information content (AvgIpc) is 2.50. The lowest BCUT2D eigenvalue weighted by atomic mass is 10.1. The second-order valence-electron chi connectivity index (χ2n) is 5.91. The summed E-state index contributed by atoms with van der Waals surface area (Å²) in [6, 6.07) is 0. The van der Waals surface area contributed by atoms with Gasteiger partial charge in [-0.2, -0.15) is 0 Å². The van der Waals surface area contributed by atoms with Crippen molar-refractivity contribution in [2.24, 2.45) is 0 Å². The summed E-state index contributed by atoms with van der Waals surface area (Å²) in [5.74, 6) is 0.438. The van der Waals surface area contributed by atoms with Crippen molar-refractivity contribution in [2.75, 3.05) is 13.1 Å². The molecule has 24 heavy (non-hydrogen) atoms. The van der Waals surface area contributed by atoms with Crippen LogP contribution in [-0.4, -0.2) is 25.0 Å². The highest BCUT2D eigenvalue weighted by Crippen LogP contribution is 2.04. The van der Waals surface area contributed by atoms with E-state index in [0.717, 1.165) is 25.9 Å². The van der Waals surface area contributed by atoms with E-state index >= 15 is 0 Å². The van der Waals surface area contributed by atoms with E-state index in [1.807, 2.05) is 0 Å². The molecule has 0 unspecified atom stereocenters. The first-order chi connectivity index (χ1) is 10.7. The third-order valence-corrected chi connectivity index (χ3v) is 3.66. The van der Waals surface area contributed by atoms with E-state index in [1.165, 1.54) is 57.8 Å². The van der Waals surface area contributed by atoms with Crippen LogP contribution in [0.2, 0.25) is 0 Å². The minimum atomic E-state index is 0. The molecule has 0 fully saturated rings. The summed E-state index contributed by atoms with van der Waals surface area (Å²) in [5.41, 5.74) is 0. The Labute approximate surface area is 161 Å². The van der Waals surface area contributed by atoms with Crippen LogP contribution in [0.4, 0.5) is 0 Å². The smallest absolute Gasteiger partial charge is 0.195 e. The molecule has 0 aliphatic heterocycles. The zero-order chi connectivity index (χ0) is 16.5. The molecule has 146 valence electrons. The van der Waals surface area contributed by atoms with Crippen molar-refractivity contribution in [3.05, 3.63) is 0 Å². The molecule has 5 nitrogen and oxygen atoms in total. The van der Waals surface area contributed by atoms with Crippen LogP contribution in [0.1, 0.15) is 84.5 Å². The largest absolute Gasteiger partial charge is 0.356 e. The van der Waals surface area contributed by atoms with Crippen molar-refractivity contribution in [1.29, 1.82) is 10.8 Å². The summed E-state index contributed by atoms with van der Waals surface area (Å²) in [4.78, 5) is 0. The minimum Gasteiger partial charge on any atom is -0.356 e. The average molecular weight is 384 g/mol. The Kier molecular flexibility index (Phi) is 26.2. The molecule has 0 atom stereocenters. The SMILES string of the molecule is CCCCCCCCNC(=N)NC(=N)NCCCCCCC.Cl.Cl. The first kappa shape index (κ1) is 28.1. The normalized spacial score (nSPS) is 9.42. The van der Waals surface area contributed by atoms with E-state index in [4.69, 9.17) is 10.8 Å². The molecule has 0 radical (unpaired) electrons. The van der Waals surface area contributed by atoms with E-state index in [-0.39, 0.29) is 36.7 Å². The van der Waals surface area contributed by atoms with Gasteiger partial charge < -0.3 is 10.6 Å². The molecular formula is C17H39Cl2N5. The molecule has 0 spiro atoms. The number of halogens is 2. The molecule has 5 N–H and O–H groups in total. The van der Waals surface area contributed by atoms with Crippen LogP contribution >= 0.6 is 24.8 Å². The molecule has 0 aliphatic carbocycles. The highest BCUT2D eigenvalue weighted by molar-refractivity contribution is 5.95. The molecule has 0 amide bonds. The second-order valence-corrected chi connectivity index (χ2v) is 5.91. The summed E-state index contributed by atoms with van der Waals surface area (Å²) in [6.07, 6.45) is 13.6. The van der Waals surface area contributed by atoms with Crippen molar-refractivity contribution in [3.63, 3.8) is 0 Å². The molecule has 0 heterocycles. The summed E-state index contributed by atoms with van der Waals surface area (Å²) < 4.78 is 0. The van der Waals surface area contributed by atoms with Gasteiger partial charge in [-0.3, -0.25) is 16.1 Å². The predicted molar refractivity (Wildman–Crippen MR) is 111 cm³/mol. The molecule has 0 rings (SSSR count). The van der Waals surface area contributed by atoms with Gasteiger partial charge in [-0.05, 0) is 12.8 Å². The summed E-state index contributed by atoms with van der Waals surface area (Å²) in [7, 11) is 0. The molecule has 0 saturated carbocycles. The second kappa shape index (κ2) is 22.3. The lowest BCUT2D eigenvalue weighted by Gasteiger charge is -2.12. The van der Waals surface area contributed by atoms with E-state index in [2.05, 4.69) is 29.8 Å². The maximum atomic E-state index is 7.73.